The number of hydrogen-bond acceptors (Lipinski definition) is 5. The normalized spacial score (nSPS) is 56.8. The Hall–Kier alpha value is 0.580. The third-order valence-electron chi connectivity index (χ3n) is 22.3. The van der Waals surface area contributed by atoms with E-state index in [0.29, 0.717) is 30.5 Å². The first kappa shape index (κ1) is 39.9. The van der Waals surface area contributed by atoms with Crippen LogP contribution in [0.3, 0.4) is 0 Å². The number of hydrogen-bond donors (Lipinski definition) is 0. The molecule has 13 rings (SSSR count). The molecule has 0 N–H and O–H groups in total. The van der Waals surface area contributed by atoms with Gasteiger partial charge in [0.15, 0.2) is 0 Å². The Morgan fingerprint density at radius 2 is 0.949 bits per heavy atom. The first-order valence-electron chi connectivity index (χ1n) is 27.6. The van der Waals surface area contributed by atoms with Crippen molar-refractivity contribution in [3.63, 3.8) is 0 Å². The van der Waals surface area contributed by atoms with E-state index >= 15 is 0 Å². The van der Waals surface area contributed by atoms with Crippen LogP contribution in [-0.4, -0.2) is 68.4 Å². The van der Waals surface area contributed by atoms with E-state index in [1.165, 1.54) is 135 Å². The zero-order chi connectivity index (χ0) is 38.6. The van der Waals surface area contributed by atoms with Gasteiger partial charge in [0.1, 0.15) is 0 Å². The molecule has 4 aliphatic heterocycles. The second kappa shape index (κ2) is 16.8. The van der Waals surface area contributed by atoms with Gasteiger partial charge in [0.2, 0.25) is 0 Å². The number of fused-ring (bicyclic) bond motifs is 13. The fourth-order valence-electron chi connectivity index (χ4n) is 20.1. The summed E-state index contributed by atoms with van der Waals surface area (Å²) < 4.78 is 14.4. The van der Waals surface area contributed by atoms with Crippen molar-refractivity contribution < 1.29 is 9.47 Å². The summed E-state index contributed by atoms with van der Waals surface area (Å²) in [5.74, 6) is 11.8. The molecular weight excluding hydrogens is 759 g/mol. The summed E-state index contributed by atoms with van der Waals surface area (Å²) in [6, 6.07) is 2.36. The fourth-order valence-corrected chi connectivity index (χ4v) is 25.0. The molecule has 9 aliphatic carbocycles. The van der Waals surface area contributed by atoms with Crippen molar-refractivity contribution >= 4 is 23.5 Å². The van der Waals surface area contributed by atoms with Crippen LogP contribution in [0.5, 0.6) is 0 Å². The minimum Gasteiger partial charge on any atom is -0.374 e. The van der Waals surface area contributed by atoms with E-state index in [1.54, 1.807) is 64.2 Å². The molecule has 0 aromatic rings. The van der Waals surface area contributed by atoms with Crippen molar-refractivity contribution in [2.75, 3.05) is 0 Å². The van der Waals surface area contributed by atoms with Crippen LogP contribution in [0.1, 0.15) is 199 Å². The highest BCUT2D eigenvalue weighted by molar-refractivity contribution is 8.01. The first-order valence-corrected chi connectivity index (χ1v) is 29.5. The molecule has 0 amide bonds. The predicted octanol–water partition coefficient (Wildman–Crippen LogP) is 13.5. The molecule has 4 saturated heterocycles. The molecule has 13 fully saturated rings. The lowest BCUT2D eigenvalue weighted by atomic mass is 9.62. The van der Waals surface area contributed by atoms with E-state index in [2.05, 4.69) is 28.4 Å². The summed E-state index contributed by atoms with van der Waals surface area (Å²) in [6.45, 7) is 0. The van der Waals surface area contributed by atoms with E-state index in [-0.39, 0.29) is 0 Å². The lowest BCUT2D eigenvalue weighted by molar-refractivity contribution is -0.0876. The zero-order valence-electron chi connectivity index (χ0n) is 37.3. The predicted molar refractivity (Wildman–Crippen MR) is 246 cm³/mol. The van der Waals surface area contributed by atoms with Crippen LogP contribution in [0.2, 0.25) is 0 Å². The van der Waals surface area contributed by atoms with Crippen molar-refractivity contribution in [1.82, 2.24) is 4.90 Å². The van der Waals surface area contributed by atoms with Crippen LogP contribution < -0.4 is 0 Å². The van der Waals surface area contributed by atoms with Crippen LogP contribution in [-0.2, 0) is 9.47 Å². The summed E-state index contributed by atoms with van der Waals surface area (Å²) in [7, 11) is 0. The third-order valence-corrected chi connectivity index (χ3v) is 26.2. The Bertz CT molecular complexity index is 1470. The fraction of sp³-hybridized carbons (Fsp3) is 1.00. The Balaban J connectivity index is 0.746. The largest absolute Gasteiger partial charge is 0.374 e. The number of thioether (sulfide) groups is 2. The highest BCUT2D eigenvalue weighted by Crippen LogP contribution is 2.64. The minimum atomic E-state index is 0.546. The average Bonchev–Trinajstić information content (AvgIpc) is 4.07. The molecule has 59 heavy (non-hydrogen) atoms. The van der Waals surface area contributed by atoms with Crippen LogP contribution in [0.15, 0.2) is 0 Å². The molecule has 0 spiro atoms. The molecule has 9 saturated carbocycles. The smallest absolute Gasteiger partial charge is 0.0766 e. The third kappa shape index (κ3) is 6.92. The molecule has 21 unspecified atom stereocenters. The Kier molecular flexibility index (Phi) is 11.3. The SMILES string of the molecule is C1CCC2C(C1)OC1C2CCCC1N(C1CCC(C2CCCC3C4CCCCC4SC23)CC1)C1CCCC(C2CCCC3C4CCC5OC6CCCCC6C5C4SC23)C1. The Morgan fingerprint density at radius 1 is 0.339 bits per heavy atom. The van der Waals surface area contributed by atoms with Crippen molar-refractivity contribution in [3.05, 3.63) is 0 Å². The van der Waals surface area contributed by atoms with E-state index in [4.69, 9.17) is 9.47 Å². The lowest BCUT2D eigenvalue weighted by Gasteiger charge is -2.53. The van der Waals surface area contributed by atoms with Crippen LogP contribution in [0.4, 0.5) is 0 Å². The first-order chi connectivity index (χ1) is 29.2. The molecule has 5 heteroatoms. The quantitative estimate of drug-likeness (QED) is 0.274. The van der Waals surface area contributed by atoms with E-state index in [1.807, 2.05) is 0 Å². The van der Waals surface area contributed by atoms with Crippen LogP contribution in [0, 0.1) is 71.0 Å². The van der Waals surface area contributed by atoms with Gasteiger partial charge in [0.05, 0.1) is 24.4 Å². The molecule has 3 nitrogen and oxygen atoms in total. The lowest BCUT2D eigenvalue weighted by Crippen LogP contribution is -2.58. The van der Waals surface area contributed by atoms with Gasteiger partial charge in [-0.2, -0.15) is 23.5 Å². The van der Waals surface area contributed by atoms with Crippen molar-refractivity contribution in [2.45, 2.75) is 263 Å². The summed E-state index contributed by atoms with van der Waals surface area (Å²) >= 11 is 5.17. The van der Waals surface area contributed by atoms with Crippen molar-refractivity contribution in [2.24, 2.45) is 71.0 Å². The summed E-state index contributed by atoms with van der Waals surface area (Å²) in [5.41, 5.74) is 0. The van der Waals surface area contributed by atoms with Gasteiger partial charge >= 0.3 is 0 Å². The maximum absolute atomic E-state index is 7.42. The van der Waals surface area contributed by atoms with Gasteiger partial charge in [0.25, 0.3) is 0 Å². The molecule has 0 aromatic heterocycles. The van der Waals surface area contributed by atoms with Gasteiger partial charge in [-0.1, -0.05) is 70.6 Å². The van der Waals surface area contributed by atoms with Crippen LogP contribution >= 0.6 is 23.5 Å². The molecule has 0 aromatic carbocycles. The maximum atomic E-state index is 7.42. The standard InChI is InChI=1S/C54H85NO2S2/c1-4-22-46-38(13-1)40-18-10-21-45(51(40)57-46)55(34-27-25-32(26-28-34)36-16-8-19-41-39-14-3-6-24-49(39)58-52(36)41)35-12-7-11-33(31-35)37-17-9-20-42-43-29-30-48-50(54(43)59-53(37)42)44-15-2-5-23-47(44)56-48/h32-54H,1-31H2. The minimum absolute atomic E-state index is 0.546. The number of ether oxygens (including phenoxy) is 2. The molecule has 13 aliphatic rings. The Morgan fingerprint density at radius 3 is 1.80 bits per heavy atom. The molecule has 0 radical (unpaired) electrons. The monoisotopic (exact) mass is 844 g/mol. The summed E-state index contributed by atoms with van der Waals surface area (Å²) in [5, 5.41) is 3.95. The maximum Gasteiger partial charge on any atom is 0.0766 e. The topological polar surface area (TPSA) is 21.7 Å². The molecule has 21 atom stereocenters. The van der Waals surface area contributed by atoms with Gasteiger partial charge in [0, 0.05) is 45.0 Å². The number of nitrogens with zero attached hydrogens (tertiary/aromatic N) is 1. The molecular formula is C54H85NO2S2. The Labute approximate surface area is 369 Å². The van der Waals surface area contributed by atoms with E-state index < -0.39 is 0 Å². The van der Waals surface area contributed by atoms with Crippen molar-refractivity contribution in [1.29, 1.82) is 0 Å². The summed E-state index contributed by atoms with van der Waals surface area (Å²) in [6.07, 6.45) is 48.8. The van der Waals surface area contributed by atoms with Gasteiger partial charge in [-0.05, 0) is 194 Å². The van der Waals surface area contributed by atoms with Crippen LogP contribution in [0.25, 0.3) is 0 Å². The van der Waals surface area contributed by atoms with Gasteiger partial charge < -0.3 is 9.47 Å². The highest BCUT2D eigenvalue weighted by atomic mass is 32.2. The van der Waals surface area contributed by atoms with Gasteiger partial charge in [-0.3, -0.25) is 4.90 Å². The average molecular weight is 844 g/mol. The second-order valence-electron chi connectivity index (χ2n) is 24.5. The number of rotatable bonds is 5. The summed E-state index contributed by atoms with van der Waals surface area (Å²) in [4.78, 5) is 3.39. The second-order valence-corrected chi connectivity index (χ2v) is 27.3. The molecule has 330 valence electrons. The highest BCUT2D eigenvalue weighted by Gasteiger charge is 2.61. The van der Waals surface area contributed by atoms with E-state index in [9.17, 15) is 0 Å². The molecule has 0 bridgehead atoms. The molecule has 4 heterocycles. The zero-order valence-corrected chi connectivity index (χ0v) is 38.9. The van der Waals surface area contributed by atoms with Gasteiger partial charge in [-0.25, -0.2) is 0 Å². The van der Waals surface area contributed by atoms with Crippen molar-refractivity contribution in [3.8, 4) is 0 Å². The van der Waals surface area contributed by atoms with E-state index in [0.717, 1.165) is 104 Å². The van der Waals surface area contributed by atoms with Gasteiger partial charge in [-0.15, -0.1) is 0 Å².